The van der Waals surface area contributed by atoms with E-state index in [4.69, 9.17) is 10.3 Å². The first kappa shape index (κ1) is 37.2. The molecule has 2 aromatic heterocycles. The van der Waals surface area contributed by atoms with Crippen LogP contribution >= 0.6 is 0 Å². The van der Waals surface area contributed by atoms with E-state index in [0.717, 1.165) is 93.1 Å². The molecule has 4 aromatic rings. The molecule has 1 saturated heterocycles. The number of non-ortho nitro benzene ring substituents is 1. The van der Waals surface area contributed by atoms with Gasteiger partial charge in [0, 0.05) is 61.5 Å². The van der Waals surface area contributed by atoms with E-state index < -0.39 is 0 Å². The zero-order chi connectivity index (χ0) is 33.1. The predicted molar refractivity (Wildman–Crippen MR) is 194 cm³/mol. The number of hydrogen-bond donors (Lipinski definition) is 0. The number of benzene rings is 2. The monoisotopic (exact) mass is 697 g/mol. The second-order valence-corrected chi connectivity index (χ2v) is 12.3. The zero-order valence-electron chi connectivity index (χ0n) is 28.0. The summed E-state index contributed by atoms with van der Waals surface area (Å²) < 4.78 is 2.26. The summed E-state index contributed by atoms with van der Waals surface area (Å²) in [4.78, 5) is 20.5. The third kappa shape index (κ3) is 10.0. The minimum absolute atomic E-state index is 0. The Morgan fingerprint density at radius 2 is 1.43 bits per heavy atom. The molecule has 2 aliphatic carbocycles. The molecule has 49 heavy (non-hydrogen) atoms. The van der Waals surface area contributed by atoms with E-state index in [1.54, 1.807) is 24.3 Å². The van der Waals surface area contributed by atoms with Crippen LogP contribution in [-0.4, -0.2) is 76.5 Å². The van der Waals surface area contributed by atoms with Crippen molar-refractivity contribution in [3.8, 4) is 0 Å². The summed E-state index contributed by atoms with van der Waals surface area (Å²) in [6, 6.07) is 15.0. The van der Waals surface area contributed by atoms with Crippen LogP contribution in [0.1, 0.15) is 29.5 Å². The summed E-state index contributed by atoms with van der Waals surface area (Å²) in [7, 11) is 0. The topological polar surface area (TPSA) is 95.1 Å². The van der Waals surface area contributed by atoms with Crippen LogP contribution in [0.25, 0.3) is 27.2 Å². The van der Waals surface area contributed by atoms with Crippen molar-refractivity contribution in [3.63, 3.8) is 0 Å². The van der Waals surface area contributed by atoms with Crippen LogP contribution in [-0.2, 0) is 23.6 Å². The summed E-state index contributed by atoms with van der Waals surface area (Å²) in [6.45, 7) is 10.8. The van der Waals surface area contributed by atoms with Gasteiger partial charge in [0.1, 0.15) is 0 Å². The first-order valence-electron chi connectivity index (χ1n) is 16.8. The van der Waals surface area contributed by atoms with E-state index in [1.165, 1.54) is 17.0 Å². The largest absolute Gasteiger partial charge is 2.00 e. The minimum atomic E-state index is -0.372. The Morgan fingerprint density at radius 1 is 0.816 bits per heavy atom. The molecule has 1 aliphatic heterocycles. The van der Waals surface area contributed by atoms with Gasteiger partial charge in [0.25, 0.3) is 5.69 Å². The molecule has 0 bridgehead atoms. The maximum atomic E-state index is 10.8. The van der Waals surface area contributed by atoms with Gasteiger partial charge in [0.15, 0.2) is 0 Å². The molecule has 0 N–H and O–H groups in total. The first-order chi connectivity index (χ1) is 23.6. The van der Waals surface area contributed by atoms with Gasteiger partial charge in [-0.1, -0.05) is 42.3 Å². The van der Waals surface area contributed by atoms with E-state index >= 15 is 0 Å². The maximum Gasteiger partial charge on any atom is 2.00 e. The standard InChI is InChI=1S/C34H38N7O2.C5H5.Fe/c1-26-25-40-31-11-5-4-10-30(31)37-34(33(40)32(26)28-8-2-3-9-28)36-17-7-19-39-22-20-38(21-23-39)18-6-16-35-24-27-12-14-29(15-13-27)41(42)43;1-2-4-5-3-1;/h2-5,8-15,25H,6-7,16-24H2,1H3;1-5H;/q-2;;+2. The van der Waals surface area contributed by atoms with Gasteiger partial charge in [-0.15, -0.1) is 13.1 Å². The van der Waals surface area contributed by atoms with Crippen LogP contribution in [0.4, 0.5) is 11.5 Å². The molecule has 3 fully saturated rings. The number of nitrogens with zero attached hydrogens (tertiary/aromatic N) is 7. The molecule has 2 saturated carbocycles. The van der Waals surface area contributed by atoms with Crippen molar-refractivity contribution in [2.24, 2.45) is 0 Å². The van der Waals surface area contributed by atoms with E-state index in [0.29, 0.717) is 6.54 Å². The normalized spacial score (nSPS) is 17.2. The molecule has 254 valence electrons. The van der Waals surface area contributed by atoms with Gasteiger partial charge in [0.2, 0.25) is 0 Å². The zero-order valence-corrected chi connectivity index (χ0v) is 29.1. The van der Waals surface area contributed by atoms with Gasteiger partial charge in [-0.05, 0) is 119 Å². The molecule has 0 amide bonds. The number of piperazine rings is 1. The Labute approximate surface area is 302 Å². The third-order valence-electron chi connectivity index (χ3n) is 8.87. The van der Waals surface area contributed by atoms with Gasteiger partial charge < -0.3 is 29.8 Å². The number of hydrogen-bond acceptors (Lipinski definition) is 5. The maximum absolute atomic E-state index is 10.8. The van der Waals surface area contributed by atoms with E-state index in [-0.39, 0.29) is 27.7 Å². The third-order valence-corrected chi connectivity index (χ3v) is 8.87. The molecule has 7 rings (SSSR count). The Bertz CT molecular complexity index is 1600. The van der Waals surface area contributed by atoms with Crippen molar-refractivity contribution >= 4 is 28.1 Å². The molecular weight excluding hydrogens is 654 g/mol. The van der Waals surface area contributed by atoms with Crippen molar-refractivity contribution in [2.75, 3.05) is 52.4 Å². The van der Waals surface area contributed by atoms with Crippen molar-refractivity contribution in [1.82, 2.24) is 19.2 Å². The Kier molecular flexibility index (Phi) is 14.3. The fourth-order valence-corrected chi connectivity index (χ4v) is 6.36. The molecule has 2 aromatic carbocycles. The van der Waals surface area contributed by atoms with E-state index in [2.05, 4.69) is 76.5 Å². The van der Waals surface area contributed by atoms with Crippen LogP contribution in [0.3, 0.4) is 0 Å². The van der Waals surface area contributed by atoms with Crippen molar-refractivity contribution in [1.29, 1.82) is 0 Å². The summed E-state index contributed by atoms with van der Waals surface area (Å²) in [6.07, 6.45) is 22.8. The van der Waals surface area contributed by atoms with Crippen LogP contribution in [0.15, 0.2) is 54.7 Å². The molecule has 3 heterocycles. The second kappa shape index (κ2) is 18.8. The van der Waals surface area contributed by atoms with Crippen molar-refractivity contribution in [3.05, 3.63) is 156 Å². The number of aryl methyl sites for hydroxylation is 1. The molecule has 10 radical (unpaired) electrons. The van der Waals surface area contributed by atoms with Crippen molar-refractivity contribution < 1.29 is 22.0 Å². The number of para-hydroxylation sites is 2. The Hall–Kier alpha value is -3.01. The number of nitro benzene ring substituents is 1. The second-order valence-electron chi connectivity index (χ2n) is 12.3. The van der Waals surface area contributed by atoms with Crippen LogP contribution in [0.2, 0.25) is 0 Å². The fraction of sp³-hybridized carbons (Fsp3) is 0.308. The van der Waals surface area contributed by atoms with E-state index in [1.807, 2.05) is 38.2 Å². The molecule has 0 atom stereocenters. The van der Waals surface area contributed by atoms with Gasteiger partial charge >= 0.3 is 17.1 Å². The quantitative estimate of drug-likeness (QED) is 0.0626. The fourth-order valence-electron chi connectivity index (χ4n) is 6.36. The van der Waals surface area contributed by atoms with Gasteiger partial charge in [-0.2, -0.15) is 0 Å². The first-order valence-corrected chi connectivity index (χ1v) is 16.8. The van der Waals surface area contributed by atoms with E-state index in [9.17, 15) is 10.1 Å². The molecular formula is C39H43FeN7O2. The minimum Gasteiger partial charge on any atom is -0.658 e. The van der Waals surface area contributed by atoms with Gasteiger partial charge in [0.05, 0.1) is 4.92 Å². The van der Waals surface area contributed by atoms with Gasteiger partial charge in [-0.25, -0.2) is 0 Å². The summed E-state index contributed by atoms with van der Waals surface area (Å²) in [5.41, 5.74) is 6.75. The van der Waals surface area contributed by atoms with Crippen LogP contribution in [0, 0.1) is 80.7 Å². The average Bonchev–Trinajstić information content (AvgIpc) is 3.91. The SMILES string of the molecule is Cc1cn2c(c([N-]CCCN3CCN(CCC[N-]Cc4ccc([N+](=O)[O-])cc4)CC3)nc3ccccc32)c1[C]1[CH][CH][CH][CH]1.[CH]1[CH][CH][CH][CH]1.[Fe+2]. The molecule has 0 unspecified atom stereocenters. The number of rotatable bonds is 13. The molecule has 3 aliphatic rings. The average molecular weight is 698 g/mol. The molecule has 0 spiro atoms. The van der Waals surface area contributed by atoms with Crippen LogP contribution in [0.5, 0.6) is 0 Å². The van der Waals surface area contributed by atoms with Crippen molar-refractivity contribution in [2.45, 2.75) is 26.3 Å². The van der Waals surface area contributed by atoms with Gasteiger partial charge in [-0.3, -0.25) is 10.1 Å². The molecule has 10 heteroatoms. The summed E-state index contributed by atoms with van der Waals surface area (Å²) in [5.74, 6) is 2.04. The number of fused-ring (bicyclic) bond motifs is 3. The van der Waals surface area contributed by atoms with Crippen LogP contribution < -0.4 is 0 Å². The number of nitro groups is 1. The summed E-state index contributed by atoms with van der Waals surface area (Å²) >= 11 is 0. The predicted octanol–water partition coefficient (Wildman–Crippen LogP) is 7.45. The Balaban J connectivity index is 0.000000717. The number of aromatic nitrogens is 2. The summed E-state index contributed by atoms with van der Waals surface area (Å²) in [5, 5.41) is 20.5. The smallest absolute Gasteiger partial charge is 0.658 e. The molecule has 9 nitrogen and oxygen atoms in total. The Morgan fingerprint density at radius 3 is 2.06 bits per heavy atom.